The largest absolute Gasteiger partial charge is 1.00 e. The van der Waals surface area contributed by atoms with Crippen LogP contribution in [0.2, 0.25) is 0 Å². The van der Waals surface area contributed by atoms with E-state index < -0.39 is 10.1 Å². The molecule has 0 atom stereocenters. The van der Waals surface area contributed by atoms with Gasteiger partial charge in [-0.1, -0.05) is 18.2 Å². The molecule has 0 saturated heterocycles. The summed E-state index contributed by atoms with van der Waals surface area (Å²) < 4.78 is 37.9. The summed E-state index contributed by atoms with van der Waals surface area (Å²) in [7, 11) is -4.59. The molecule has 0 aliphatic heterocycles. The molecule has 7 nitrogen and oxygen atoms in total. The number of hydrogen-bond acceptors (Lipinski definition) is 10. The molecule has 12 heteroatoms. The van der Waals surface area contributed by atoms with E-state index in [1.54, 1.807) is 41.7 Å². The van der Waals surface area contributed by atoms with Crippen molar-refractivity contribution in [1.29, 1.82) is 0 Å². The molecule has 0 aliphatic rings. The minimum absolute atomic E-state index is 0. The van der Waals surface area contributed by atoms with Crippen LogP contribution in [0.4, 0.5) is 5.69 Å². The van der Waals surface area contributed by atoms with Crippen LogP contribution in [-0.4, -0.2) is 27.9 Å². The van der Waals surface area contributed by atoms with Crippen LogP contribution in [0.1, 0.15) is 5.56 Å². The minimum atomic E-state index is -4.59. The van der Waals surface area contributed by atoms with Gasteiger partial charge in [0.1, 0.15) is 20.1 Å². The van der Waals surface area contributed by atoms with Crippen LogP contribution in [-0.2, 0) is 10.1 Å². The Morgan fingerprint density at radius 1 is 0.775 bits per heavy atom. The number of rotatable bonds is 3. The molecule has 40 heavy (non-hydrogen) atoms. The number of nitrogen functional groups attached to an aromatic ring is 1. The van der Waals surface area contributed by atoms with Gasteiger partial charge in [-0.05, 0) is 73.2 Å². The Bertz CT molecular complexity index is 2050. The smallest absolute Gasteiger partial charge is 0.744 e. The van der Waals surface area contributed by atoms with Crippen molar-refractivity contribution in [1.82, 2.24) is 15.0 Å². The Morgan fingerprint density at radius 3 is 2.20 bits per heavy atom. The monoisotopic (exact) mass is 610 g/mol. The predicted octanol–water partition coefficient (Wildman–Crippen LogP) is 4.34. The fourth-order valence-electron chi connectivity index (χ4n) is 4.11. The van der Waals surface area contributed by atoms with E-state index in [1.807, 2.05) is 66.2 Å². The van der Waals surface area contributed by atoms with Crippen LogP contribution in [0.5, 0.6) is 0 Å². The van der Waals surface area contributed by atoms with Crippen LogP contribution in [0.3, 0.4) is 0 Å². The van der Waals surface area contributed by atoms with Crippen molar-refractivity contribution in [3.05, 3.63) is 89.9 Å². The van der Waals surface area contributed by atoms with Crippen molar-refractivity contribution < 1.29 is 42.5 Å². The summed E-state index contributed by atoms with van der Waals surface area (Å²) in [5.74, 6) is 0. The molecular weight excluding hydrogens is 592 g/mol. The molecule has 3 heterocycles. The molecule has 0 fully saturated rings. The first-order chi connectivity index (χ1) is 18.8. The number of anilines is 1. The molecule has 0 bridgehead atoms. The van der Waals surface area contributed by atoms with Crippen LogP contribution in [0.25, 0.3) is 51.8 Å². The van der Waals surface area contributed by atoms with Gasteiger partial charge in [-0.2, -0.15) is 0 Å². The number of fused-ring (bicyclic) bond motifs is 3. The van der Waals surface area contributed by atoms with Gasteiger partial charge in [-0.25, -0.2) is 23.4 Å². The first-order valence-corrected chi connectivity index (χ1v) is 15.6. The fourth-order valence-corrected chi connectivity index (χ4v) is 8.08. The van der Waals surface area contributed by atoms with Gasteiger partial charge in [0, 0.05) is 16.8 Å². The second kappa shape index (κ2) is 11.6. The maximum Gasteiger partial charge on any atom is 1.00 e. The maximum absolute atomic E-state index is 11.8. The molecule has 0 amide bonds. The summed E-state index contributed by atoms with van der Waals surface area (Å²) in [6.45, 7) is 1.62. The molecule has 7 aromatic rings. The zero-order valence-corrected chi connectivity index (χ0v) is 26.6. The quantitative estimate of drug-likeness (QED) is 0.180. The second-order valence-electron chi connectivity index (χ2n) is 8.68. The zero-order valence-electron chi connectivity index (χ0n) is 21.4. The van der Waals surface area contributed by atoms with E-state index in [9.17, 15) is 13.0 Å². The van der Waals surface area contributed by atoms with E-state index in [4.69, 9.17) is 5.73 Å². The third-order valence-electron chi connectivity index (χ3n) is 5.99. The third kappa shape index (κ3) is 5.83. The van der Waals surface area contributed by atoms with Crippen molar-refractivity contribution in [2.24, 2.45) is 0 Å². The van der Waals surface area contributed by atoms with E-state index in [-0.39, 0.29) is 34.5 Å². The first-order valence-electron chi connectivity index (χ1n) is 11.7. The fraction of sp³-hybridized carbons (Fsp3) is 0.0357. The molecule has 0 unspecified atom stereocenters. The summed E-state index contributed by atoms with van der Waals surface area (Å²) >= 11 is 4.45. The topological polar surface area (TPSA) is 122 Å². The normalized spacial score (nSPS) is 11.3. The number of thiazole rings is 3. The number of nitrogens with zero attached hydrogens (tertiary/aromatic N) is 3. The predicted molar refractivity (Wildman–Crippen MR) is 160 cm³/mol. The van der Waals surface area contributed by atoms with E-state index in [0.29, 0.717) is 26.5 Å². The maximum atomic E-state index is 11.8. The summed E-state index contributed by atoms with van der Waals surface area (Å²) in [5.41, 5.74) is 13.1. The Labute approximate surface area is 264 Å². The second-order valence-corrected chi connectivity index (χ2v) is 12.9. The summed E-state index contributed by atoms with van der Waals surface area (Å²) in [5, 5.41) is 1.55. The summed E-state index contributed by atoms with van der Waals surface area (Å²) in [6, 6.07) is 24.9. The van der Waals surface area contributed by atoms with Gasteiger partial charge in [0.05, 0.1) is 41.1 Å². The standard InChI is InChI=1S/C21H15N3O3S3.C7H5NS.Na/c1-11-2-8-16-18(19(11)30(25,26)27)29-21(24-16)13-5-9-15-17(10-13)28-20(23-15)12-3-6-14(22)7-4-12;1-2-4-7-6(3-1)8-5-9-7;/h2-10H,22H2,1H3,(H,25,26,27);1-5H;/q;;+1/p-1. The van der Waals surface area contributed by atoms with E-state index >= 15 is 0 Å². The average molecular weight is 611 g/mol. The van der Waals surface area contributed by atoms with Gasteiger partial charge in [0.15, 0.2) is 0 Å². The van der Waals surface area contributed by atoms with Crippen molar-refractivity contribution >= 4 is 80.5 Å². The number of benzene rings is 4. The molecule has 194 valence electrons. The van der Waals surface area contributed by atoms with Crippen molar-refractivity contribution in [3.63, 3.8) is 0 Å². The molecule has 0 radical (unpaired) electrons. The Morgan fingerprint density at radius 2 is 1.45 bits per heavy atom. The SMILES string of the molecule is Cc1ccc2nc(-c3ccc4nc(-c5ccc(N)cc5)sc4c3)sc2c1S(=O)(=O)[O-].[Na+].c1ccc2scnc2c1. The Kier molecular flexibility index (Phi) is 8.37. The first kappa shape index (κ1) is 28.8. The Hall–Kier alpha value is -2.74. The van der Waals surface area contributed by atoms with Gasteiger partial charge in [-0.15, -0.1) is 34.0 Å². The average Bonchev–Trinajstić information content (AvgIpc) is 3.65. The Balaban J connectivity index is 0.000000273. The van der Waals surface area contributed by atoms with Crippen LogP contribution < -0.4 is 35.3 Å². The van der Waals surface area contributed by atoms with Crippen molar-refractivity contribution in [3.8, 4) is 21.1 Å². The van der Waals surface area contributed by atoms with Crippen LogP contribution in [0.15, 0.2) is 89.3 Å². The minimum Gasteiger partial charge on any atom is -0.744 e. The molecule has 0 saturated carbocycles. The van der Waals surface area contributed by atoms with Gasteiger partial charge in [0.25, 0.3) is 0 Å². The molecule has 3 aromatic heterocycles. The number of aromatic nitrogens is 3. The molecule has 0 aliphatic carbocycles. The molecule has 0 spiro atoms. The number of hydrogen-bond donors (Lipinski definition) is 1. The number of para-hydroxylation sites is 1. The van der Waals surface area contributed by atoms with E-state index in [0.717, 1.165) is 31.9 Å². The molecular formula is C28H19N4NaO3S4. The summed E-state index contributed by atoms with van der Waals surface area (Å²) in [4.78, 5) is 13.2. The van der Waals surface area contributed by atoms with Gasteiger partial charge < -0.3 is 10.3 Å². The molecule has 7 rings (SSSR count). The molecule has 2 N–H and O–H groups in total. The van der Waals surface area contributed by atoms with Crippen molar-refractivity contribution in [2.45, 2.75) is 11.8 Å². The van der Waals surface area contributed by atoms with Gasteiger partial charge in [0.2, 0.25) is 0 Å². The van der Waals surface area contributed by atoms with Crippen LogP contribution in [0, 0.1) is 6.92 Å². The van der Waals surface area contributed by atoms with E-state index in [1.165, 1.54) is 16.0 Å². The third-order valence-corrected chi connectivity index (χ3v) is 10.2. The summed E-state index contributed by atoms with van der Waals surface area (Å²) in [6.07, 6.45) is 0. The molecule has 4 aromatic carbocycles. The van der Waals surface area contributed by atoms with Crippen molar-refractivity contribution in [2.75, 3.05) is 5.73 Å². The zero-order chi connectivity index (χ0) is 27.1. The van der Waals surface area contributed by atoms with Gasteiger partial charge in [-0.3, -0.25) is 0 Å². The number of nitrogens with two attached hydrogens (primary N) is 1. The van der Waals surface area contributed by atoms with Crippen LogP contribution >= 0.6 is 34.0 Å². The number of aryl methyl sites for hydroxylation is 1. The van der Waals surface area contributed by atoms with E-state index in [2.05, 4.69) is 21.0 Å². The van der Waals surface area contributed by atoms with Gasteiger partial charge >= 0.3 is 29.6 Å².